The smallest absolute Gasteiger partial charge is 0.350 e. The molecular formula is C15H13N5O4S3. The van der Waals surface area contributed by atoms with E-state index in [-0.39, 0.29) is 6.61 Å². The minimum absolute atomic E-state index is 0.236. The van der Waals surface area contributed by atoms with Gasteiger partial charge in [0.25, 0.3) is 0 Å². The lowest BCUT2D eigenvalue weighted by molar-refractivity contribution is -0.129. The fraction of sp³-hybridized carbons (Fsp3) is 0.133. The molecule has 140 valence electrons. The summed E-state index contributed by atoms with van der Waals surface area (Å²) in [5.41, 5.74) is 5.53. The zero-order valence-electron chi connectivity index (χ0n) is 13.5. The second-order valence-corrected chi connectivity index (χ2v) is 7.63. The molecule has 2 aromatic heterocycles. The van der Waals surface area contributed by atoms with Crippen molar-refractivity contribution in [2.75, 3.05) is 12.3 Å². The number of aliphatic carboxylic acids is 1. The molecule has 12 heteroatoms. The lowest BCUT2D eigenvalue weighted by atomic mass is 9.98. The molecule has 3 aromatic rings. The van der Waals surface area contributed by atoms with E-state index in [1.807, 2.05) is 12.1 Å². The highest BCUT2D eigenvalue weighted by Gasteiger charge is 2.41. The second kappa shape index (κ2) is 7.90. The molecule has 0 radical (unpaired) electrons. The monoisotopic (exact) mass is 423 g/mol. The fourth-order valence-corrected chi connectivity index (χ4v) is 4.45. The van der Waals surface area contributed by atoms with Crippen molar-refractivity contribution in [3.8, 4) is 0 Å². The first-order valence-electron chi connectivity index (χ1n) is 7.36. The number of para-hydroxylation sites is 1. The summed E-state index contributed by atoms with van der Waals surface area (Å²) in [7, 11) is 0. The standard InChI is InChI=1S/C15H13N5O4S3/c16-14-19-10(5-26-14)15(17-7-21,6-24-18-4-11(22)23)13-20-12-8(25)2-1-3-9(12)27-13/h1-5,7,25H,6H2,(H2,16,19)(H,17,21)(H,22,23)/b18-4+/t15-/m1/s1. The van der Waals surface area contributed by atoms with Crippen molar-refractivity contribution in [1.29, 1.82) is 0 Å². The number of benzene rings is 1. The normalized spacial score (nSPS) is 13.5. The molecule has 0 aliphatic heterocycles. The number of thiol groups is 1. The highest BCUT2D eigenvalue weighted by atomic mass is 32.1. The summed E-state index contributed by atoms with van der Waals surface area (Å²) in [6, 6.07) is 5.52. The van der Waals surface area contributed by atoms with Gasteiger partial charge in [-0.25, -0.2) is 14.8 Å². The van der Waals surface area contributed by atoms with Crippen LogP contribution in [0.5, 0.6) is 0 Å². The molecule has 4 N–H and O–H groups in total. The average molecular weight is 424 g/mol. The van der Waals surface area contributed by atoms with E-state index in [1.54, 1.807) is 11.4 Å². The van der Waals surface area contributed by atoms with Crippen LogP contribution in [-0.4, -0.2) is 40.3 Å². The number of carbonyl (C=O) groups is 2. The van der Waals surface area contributed by atoms with E-state index in [0.717, 1.165) is 4.70 Å². The maximum absolute atomic E-state index is 11.4. The Hall–Kier alpha value is -2.70. The van der Waals surface area contributed by atoms with Gasteiger partial charge in [-0.1, -0.05) is 11.2 Å². The van der Waals surface area contributed by atoms with Gasteiger partial charge in [0.15, 0.2) is 23.5 Å². The number of thiazole rings is 2. The number of nitrogen functional groups attached to an aromatic ring is 1. The van der Waals surface area contributed by atoms with Crippen molar-refractivity contribution in [2.24, 2.45) is 5.16 Å². The Morgan fingerprint density at radius 3 is 2.93 bits per heavy atom. The minimum Gasteiger partial charge on any atom is -0.477 e. The van der Waals surface area contributed by atoms with Crippen LogP contribution in [0, 0.1) is 0 Å². The van der Waals surface area contributed by atoms with Crippen molar-refractivity contribution in [1.82, 2.24) is 15.3 Å². The maximum Gasteiger partial charge on any atom is 0.350 e. The number of nitrogens with one attached hydrogen (secondary N) is 1. The summed E-state index contributed by atoms with van der Waals surface area (Å²) in [5, 5.41) is 17.2. The van der Waals surface area contributed by atoms with Crippen molar-refractivity contribution >= 4 is 69.2 Å². The van der Waals surface area contributed by atoms with Gasteiger partial charge in [-0.2, -0.15) is 0 Å². The van der Waals surface area contributed by atoms with E-state index in [4.69, 9.17) is 15.7 Å². The number of anilines is 1. The molecule has 27 heavy (non-hydrogen) atoms. The quantitative estimate of drug-likeness (QED) is 0.187. The summed E-state index contributed by atoms with van der Waals surface area (Å²) in [6.45, 7) is -0.236. The number of nitrogens with zero attached hydrogens (tertiary/aromatic N) is 3. The Balaban J connectivity index is 2.12. The molecule has 0 saturated heterocycles. The molecule has 0 aliphatic rings. The third-order valence-corrected chi connectivity index (χ3v) is 5.76. The number of amides is 1. The lowest BCUT2D eigenvalue weighted by Crippen LogP contribution is -2.46. The number of nitrogens with two attached hydrogens (primary N) is 1. The number of rotatable bonds is 8. The summed E-state index contributed by atoms with van der Waals surface area (Å²) < 4.78 is 0.854. The van der Waals surface area contributed by atoms with Gasteiger partial charge in [0.2, 0.25) is 6.41 Å². The molecule has 0 aliphatic carbocycles. The van der Waals surface area contributed by atoms with Crippen LogP contribution in [0.3, 0.4) is 0 Å². The maximum atomic E-state index is 11.4. The summed E-state index contributed by atoms with van der Waals surface area (Å²) in [6.07, 6.45) is 1.10. The van der Waals surface area contributed by atoms with Gasteiger partial charge in [-0.15, -0.1) is 35.3 Å². The summed E-state index contributed by atoms with van der Waals surface area (Å²) in [4.78, 5) is 36.7. The Kier molecular flexibility index (Phi) is 5.58. The van der Waals surface area contributed by atoms with Crippen LogP contribution >= 0.6 is 35.3 Å². The predicted molar refractivity (Wildman–Crippen MR) is 105 cm³/mol. The van der Waals surface area contributed by atoms with Crippen LogP contribution < -0.4 is 11.1 Å². The molecule has 1 atom stereocenters. The van der Waals surface area contributed by atoms with Crippen LogP contribution in [0.15, 0.2) is 33.6 Å². The number of oxime groups is 1. The third kappa shape index (κ3) is 3.86. The lowest BCUT2D eigenvalue weighted by Gasteiger charge is -2.28. The first-order valence-corrected chi connectivity index (χ1v) is 9.50. The van der Waals surface area contributed by atoms with E-state index < -0.39 is 11.5 Å². The zero-order chi connectivity index (χ0) is 19.4. The molecule has 1 aromatic carbocycles. The van der Waals surface area contributed by atoms with Crippen molar-refractivity contribution in [2.45, 2.75) is 10.4 Å². The number of aromatic nitrogens is 2. The van der Waals surface area contributed by atoms with Crippen molar-refractivity contribution < 1.29 is 19.5 Å². The van der Waals surface area contributed by atoms with E-state index in [0.29, 0.717) is 38.9 Å². The average Bonchev–Trinajstić information content (AvgIpc) is 3.25. The van der Waals surface area contributed by atoms with E-state index >= 15 is 0 Å². The fourth-order valence-electron chi connectivity index (χ4n) is 2.34. The zero-order valence-corrected chi connectivity index (χ0v) is 16.1. The third-order valence-electron chi connectivity index (χ3n) is 3.55. The number of hydrogen-bond donors (Lipinski definition) is 4. The van der Waals surface area contributed by atoms with Gasteiger partial charge >= 0.3 is 5.97 Å². The molecule has 0 bridgehead atoms. The Morgan fingerprint density at radius 1 is 1.48 bits per heavy atom. The highest BCUT2D eigenvalue weighted by Crippen LogP contribution is 2.37. The molecule has 2 heterocycles. The molecule has 0 spiro atoms. The second-order valence-electron chi connectivity index (χ2n) is 5.23. The Bertz CT molecular complexity index is 1020. The largest absolute Gasteiger partial charge is 0.477 e. The molecule has 9 nitrogen and oxygen atoms in total. The van der Waals surface area contributed by atoms with Gasteiger partial charge in [0, 0.05) is 10.3 Å². The number of carbonyl (C=O) groups excluding carboxylic acids is 1. The van der Waals surface area contributed by atoms with Crippen molar-refractivity contribution in [3.05, 3.63) is 34.3 Å². The summed E-state index contributed by atoms with van der Waals surface area (Å²) >= 11 is 6.92. The number of fused-ring (bicyclic) bond motifs is 1. The Morgan fingerprint density at radius 2 is 2.30 bits per heavy atom. The first-order chi connectivity index (χ1) is 13.0. The SMILES string of the molecule is Nc1nc([C@@](CO/N=C/C(=O)O)(NC=O)c2nc3c(S)cccc3s2)cs1. The van der Waals surface area contributed by atoms with E-state index in [1.165, 1.54) is 22.7 Å². The van der Waals surface area contributed by atoms with Crippen LogP contribution in [0.1, 0.15) is 10.7 Å². The minimum atomic E-state index is -1.30. The molecule has 0 unspecified atom stereocenters. The Labute approximate surface area is 166 Å². The van der Waals surface area contributed by atoms with Gasteiger partial charge in [0.1, 0.15) is 5.01 Å². The van der Waals surface area contributed by atoms with Gasteiger partial charge in [-0.05, 0) is 12.1 Å². The van der Waals surface area contributed by atoms with Gasteiger partial charge < -0.3 is 21.0 Å². The van der Waals surface area contributed by atoms with E-state index in [2.05, 4.69) is 33.1 Å². The number of carboxylic acids is 1. The molecular weight excluding hydrogens is 410 g/mol. The molecule has 1 amide bonds. The van der Waals surface area contributed by atoms with Gasteiger partial charge in [0.05, 0.1) is 15.9 Å². The van der Waals surface area contributed by atoms with E-state index in [9.17, 15) is 9.59 Å². The van der Waals surface area contributed by atoms with Crippen LogP contribution in [0.25, 0.3) is 10.2 Å². The number of hydrogen-bond acceptors (Lipinski definition) is 10. The van der Waals surface area contributed by atoms with Crippen LogP contribution in [-0.2, 0) is 20.0 Å². The number of carboxylic acid groups (broad SMARTS) is 1. The van der Waals surface area contributed by atoms with Crippen LogP contribution in [0.2, 0.25) is 0 Å². The predicted octanol–water partition coefficient (Wildman–Crippen LogP) is 1.70. The van der Waals surface area contributed by atoms with Crippen LogP contribution in [0.4, 0.5) is 5.13 Å². The first kappa shape index (κ1) is 19.1. The topological polar surface area (TPSA) is 140 Å². The summed E-state index contributed by atoms with van der Waals surface area (Å²) in [5.74, 6) is -1.26. The molecule has 0 fully saturated rings. The molecule has 3 rings (SSSR count). The molecule has 0 saturated carbocycles. The van der Waals surface area contributed by atoms with Gasteiger partial charge in [-0.3, -0.25) is 4.79 Å². The van der Waals surface area contributed by atoms with Crippen molar-refractivity contribution in [3.63, 3.8) is 0 Å². The highest BCUT2D eigenvalue weighted by molar-refractivity contribution is 7.80.